The topological polar surface area (TPSA) is 35.5 Å². The number of hydrogen-bond acceptors (Lipinski definition) is 3. The van der Waals surface area contributed by atoms with Crippen molar-refractivity contribution in [3.8, 4) is 0 Å². The van der Waals surface area contributed by atoms with Crippen LogP contribution >= 0.6 is 0 Å². The van der Waals surface area contributed by atoms with Crippen LogP contribution in [0.25, 0.3) is 5.57 Å². The van der Waals surface area contributed by atoms with Gasteiger partial charge >= 0.3 is 18.5 Å². The molecule has 1 aliphatic rings. The Hall–Kier alpha value is -2.19. The zero-order valence-electron chi connectivity index (χ0n) is 13.0. The van der Waals surface area contributed by atoms with Gasteiger partial charge in [0.05, 0.1) is 18.2 Å². The van der Waals surface area contributed by atoms with Crippen LogP contribution in [0.1, 0.15) is 36.0 Å². The monoisotopic (exact) mass is 368 g/mol. The van der Waals surface area contributed by atoms with Crippen LogP contribution < -0.4 is 0 Å². The highest BCUT2D eigenvalue weighted by atomic mass is 19.4. The second kappa shape index (κ2) is 6.97. The number of rotatable bonds is 2. The van der Waals surface area contributed by atoms with Gasteiger partial charge in [-0.25, -0.2) is 4.79 Å². The molecular formula is C16H14F6O3. The quantitative estimate of drug-likeness (QED) is 0.515. The molecule has 0 fully saturated rings. The number of hydrogen-bond donors (Lipinski definition) is 0. The summed E-state index contributed by atoms with van der Waals surface area (Å²) in [6.07, 6.45) is -9.12. The summed E-state index contributed by atoms with van der Waals surface area (Å²) in [7, 11) is 1.06. The van der Waals surface area contributed by atoms with Gasteiger partial charge in [-0.3, -0.25) is 0 Å². The summed E-state index contributed by atoms with van der Waals surface area (Å²) in [5, 5.41) is 0. The lowest BCUT2D eigenvalue weighted by Gasteiger charge is -2.25. The molecule has 0 saturated carbocycles. The van der Waals surface area contributed by atoms with Gasteiger partial charge in [-0.05, 0) is 48.6 Å². The van der Waals surface area contributed by atoms with Crippen molar-refractivity contribution in [2.75, 3.05) is 7.11 Å². The summed E-state index contributed by atoms with van der Waals surface area (Å²) in [5.74, 6) is 0. The second-order valence-corrected chi connectivity index (χ2v) is 5.45. The third-order valence-electron chi connectivity index (χ3n) is 3.71. The molecule has 1 unspecified atom stereocenters. The van der Waals surface area contributed by atoms with Gasteiger partial charge < -0.3 is 9.47 Å². The van der Waals surface area contributed by atoms with Crippen LogP contribution in [0, 0.1) is 0 Å². The number of alkyl halides is 6. The standard InChI is InChI=1S/C16H14F6O3/c1-24-14(23)25-13-5-3-2-4-12(13)9-6-10(15(17,18)19)8-11(7-9)16(20,21)22/h4,6-8,13H,2-3,5H2,1H3. The Morgan fingerprint density at radius 3 is 2.08 bits per heavy atom. The Morgan fingerprint density at radius 1 is 1.04 bits per heavy atom. The maximum absolute atomic E-state index is 13.0. The van der Waals surface area contributed by atoms with E-state index in [0.717, 1.165) is 7.11 Å². The van der Waals surface area contributed by atoms with Crippen LogP contribution in [-0.4, -0.2) is 19.4 Å². The lowest BCUT2D eigenvalue weighted by Crippen LogP contribution is -2.22. The third kappa shape index (κ3) is 4.67. The number of methoxy groups -OCH3 is 1. The average molecular weight is 368 g/mol. The van der Waals surface area contributed by atoms with E-state index in [9.17, 15) is 31.1 Å². The molecule has 0 aliphatic heterocycles. The third-order valence-corrected chi connectivity index (χ3v) is 3.71. The molecule has 3 nitrogen and oxygen atoms in total. The number of ether oxygens (including phenoxy) is 2. The molecule has 1 atom stereocenters. The van der Waals surface area contributed by atoms with Crippen LogP contribution in [0.3, 0.4) is 0 Å². The molecule has 9 heteroatoms. The van der Waals surface area contributed by atoms with E-state index in [1.807, 2.05) is 0 Å². The van der Waals surface area contributed by atoms with E-state index in [1.165, 1.54) is 6.08 Å². The van der Waals surface area contributed by atoms with E-state index in [-0.39, 0.29) is 23.6 Å². The predicted molar refractivity (Wildman–Crippen MR) is 75.6 cm³/mol. The molecule has 0 heterocycles. The van der Waals surface area contributed by atoms with Crippen molar-refractivity contribution < 1.29 is 40.6 Å². The minimum Gasteiger partial charge on any atom is -0.438 e. The predicted octanol–water partition coefficient (Wildman–Crippen LogP) is 5.44. The van der Waals surface area contributed by atoms with E-state index < -0.39 is 35.7 Å². The highest BCUT2D eigenvalue weighted by Gasteiger charge is 2.38. The molecule has 1 aliphatic carbocycles. The van der Waals surface area contributed by atoms with Gasteiger partial charge in [-0.1, -0.05) is 6.08 Å². The van der Waals surface area contributed by atoms with Gasteiger partial charge in [0.25, 0.3) is 0 Å². The van der Waals surface area contributed by atoms with Gasteiger partial charge in [0.2, 0.25) is 0 Å². The smallest absolute Gasteiger partial charge is 0.438 e. The normalized spacial score (nSPS) is 18.5. The Balaban J connectivity index is 2.52. The minimum absolute atomic E-state index is 0.0586. The van der Waals surface area contributed by atoms with Crippen LogP contribution in [0.15, 0.2) is 24.3 Å². The SMILES string of the molecule is COC(=O)OC1CCCC=C1c1cc(C(F)(F)F)cc(C(F)(F)F)c1. The van der Waals surface area contributed by atoms with E-state index in [1.54, 1.807) is 0 Å². The number of allylic oxidation sites excluding steroid dienone is 1. The van der Waals surface area contributed by atoms with Crippen molar-refractivity contribution in [1.29, 1.82) is 0 Å². The Kier molecular flexibility index (Phi) is 5.34. The van der Waals surface area contributed by atoms with Crippen LogP contribution in [0.2, 0.25) is 0 Å². The highest BCUT2D eigenvalue weighted by Crippen LogP contribution is 2.39. The number of carbonyl (C=O) groups excluding carboxylic acids is 1. The Morgan fingerprint density at radius 2 is 1.60 bits per heavy atom. The zero-order chi connectivity index (χ0) is 18.8. The number of carbonyl (C=O) groups is 1. The zero-order valence-corrected chi connectivity index (χ0v) is 13.0. The van der Waals surface area contributed by atoms with E-state index in [0.29, 0.717) is 25.0 Å². The van der Waals surface area contributed by atoms with Gasteiger partial charge in [-0.2, -0.15) is 26.3 Å². The summed E-state index contributed by atoms with van der Waals surface area (Å²) in [4.78, 5) is 11.3. The van der Waals surface area contributed by atoms with Crippen molar-refractivity contribution in [2.45, 2.75) is 37.7 Å². The summed E-state index contributed by atoms with van der Waals surface area (Å²) in [6, 6.07) is 1.31. The first-order valence-electron chi connectivity index (χ1n) is 7.27. The van der Waals surface area contributed by atoms with Crippen molar-refractivity contribution >= 4 is 11.7 Å². The number of benzene rings is 1. The molecule has 0 saturated heterocycles. The van der Waals surface area contributed by atoms with Gasteiger partial charge in [-0.15, -0.1) is 0 Å². The molecule has 0 amide bonds. The van der Waals surface area contributed by atoms with Gasteiger partial charge in [0.15, 0.2) is 0 Å². The minimum atomic E-state index is -4.94. The number of halogens is 6. The largest absolute Gasteiger partial charge is 0.508 e. The van der Waals surface area contributed by atoms with Crippen LogP contribution in [-0.2, 0) is 21.8 Å². The van der Waals surface area contributed by atoms with E-state index in [2.05, 4.69) is 4.74 Å². The first kappa shape index (κ1) is 19.1. The molecule has 0 aromatic heterocycles. The fraction of sp³-hybridized carbons (Fsp3) is 0.438. The van der Waals surface area contributed by atoms with E-state index in [4.69, 9.17) is 4.74 Å². The maximum Gasteiger partial charge on any atom is 0.508 e. The second-order valence-electron chi connectivity index (χ2n) is 5.45. The molecule has 1 aromatic carbocycles. The molecule has 25 heavy (non-hydrogen) atoms. The van der Waals surface area contributed by atoms with Crippen LogP contribution in [0.4, 0.5) is 31.1 Å². The van der Waals surface area contributed by atoms with Crippen molar-refractivity contribution in [1.82, 2.24) is 0 Å². The highest BCUT2D eigenvalue weighted by molar-refractivity contribution is 5.73. The fourth-order valence-corrected chi connectivity index (χ4v) is 2.56. The van der Waals surface area contributed by atoms with Gasteiger partial charge in [0.1, 0.15) is 6.10 Å². The lowest BCUT2D eigenvalue weighted by atomic mass is 9.89. The summed E-state index contributed by atoms with van der Waals surface area (Å²) >= 11 is 0. The summed E-state index contributed by atoms with van der Waals surface area (Å²) in [5.41, 5.74) is -3.01. The molecule has 0 bridgehead atoms. The molecule has 0 spiro atoms. The molecular weight excluding hydrogens is 354 g/mol. The van der Waals surface area contributed by atoms with Crippen molar-refractivity contribution in [3.05, 3.63) is 41.0 Å². The Labute approximate surface area is 139 Å². The molecule has 1 aromatic rings. The molecule has 0 radical (unpaired) electrons. The van der Waals surface area contributed by atoms with Crippen molar-refractivity contribution in [3.63, 3.8) is 0 Å². The average Bonchev–Trinajstić information content (AvgIpc) is 2.53. The Bertz CT molecular complexity index is 643. The maximum atomic E-state index is 13.0. The summed E-state index contributed by atoms with van der Waals surface area (Å²) in [6.45, 7) is 0. The summed E-state index contributed by atoms with van der Waals surface area (Å²) < 4.78 is 87.1. The first-order chi connectivity index (χ1) is 11.5. The van der Waals surface area contributed by atoms with Crippen LogP contribution in [0.5, 0.6) is 0 Å². The lowest BCUT2D eigenvalue weighted by molar-refractivity contribution is -0.143. The molecule has 138 valence electrons. The fourth-order valence-electron chi connectivity index (χ4n) is 2.56. The molecule has 0 N–H and O–H groups in total. The van der Waals surface area contributed by atoms with E-state index >= 15 is 0 Å². The van der Waals surface area contributed by atoms with Crippen molar-refractivity contribution in [2.24, 2.45) is 0 Å². The van der Waals surface area contributed by atoms with Gasteiger partial charge in [0, 0.05) is 0 Å². The first-order valence-corrected chi connectivity index (χ1v) is 7.27. The molecule has 2 rings (SSSR count).